The third-order valence-corrected chi connectivity index (χ3v) is 4.44. The van der Waals surface area contributed by atoms with Crippen LogP contribution in [0.1, 0.15) is 30.1 Å². The van der Waals surface area contributed by atoms with Gasteiger partial charge in [-0.1, -0.05) is 12.1 Å². The molecule has 1 aliphatic rings. The lowest BCUT2D eigenvalue weighted by molar-refractivity contribution is 0.0918. The van der Waals surface area contributed by atoms with Gasteiger partial charge in [0.05, 0.1) is 17.5 Å². The molecule has 0 saturated carbocycles. The number of piperidine rings is 1. The highest BCUT2D eigenvalue weighted by Crippen LogP contribution is 2.22. The topological polar surface area (TPSA) is 90.1 Å². The summed E-state index contributed by atoms with van der Waals surface area (Å²) in [4.78, 5) is 26.2. The van der Waals surface area contributed by atoms with Gasteiger partial charge in [-0.05, 0) is 31.9 Å². The van der Waals surface area contributed by atoms with E-state index in [2.05, 4.69) is 20.8 Å². The van der Waals surface area contributed by atoms with Gasteiger partial charge in [0.1, 0.15) is 5.82 Å². The molecule has 0 bridgehead atoms. The van der Waals surface area contributed by atoms with Crippen LogP contribution in [-0.4, -0.2) is 52.7 Å². The van der Waals surface area contributed by atoms with Crippen LogP contribution in [0.3, 0.4) is 0 Å². The fraction of sp³-hybridized carbons (Fsp3) is 0.389. The van der Waals surface area contributed by atoms with Crippen LogP contribution in [0.5, 0.6) is 0 Å². The maximum Gasteiger partial charge on any atom is 0.317 e. The number of likely N-dealkylation sites (tertiary alicyclic amines) is 1. The third-order valence-electron chi connectivity index (χ3n) is 4.44. The Hall–Kier alpha value is -2.90. The number of hydrogen-bond donors (Lipinski definition) is 3. The quantitative estimate of drug-likeness (QED) is 0.781. The van der Waals surface area contributed by atoms with Crippen molar-refractivity contribution in [2.75, 3.05) is 19.6 Å². The number of carbonyl (C=O) groups excluding carboxylic acids is 2. The van der Waals surface area contributed by atoms with Crippen molar-refractivity contribution in [3.63, 3.8) is 0 Å². The van der Waals surface area contributed by atoms with E-state index in [1.165, 1.54) is 18.3 Å². The molecule has 1 aromatic carbocycles. The van der Waals surface area contributed by atoms with E-state index in [-0.39, 0.29) is 23.8 Å². The predicted molar refractivity (Wildman–Crippen MR) is 95.1 cm³/mol. The molecule has 7 nitrogen and oxygen atoms in total. The highest BCUT2D eigenvalue weighted by Gasteiger charge is 2.25. The van der Waals surface area contributed by atoms with Gasteiger partial charge in [0.15, 0.2) is 0 Å². The number of hydrogen-bond acceptors (Lipinski definition) is 3. The molecular formula is C18H22FN5O2. The SMILES string of the molecule is CCNC(=O)N1CCC(NC(=O)c2cn[nH]c2-c2cccc(F)c2)CC1. The van der Waals surface area contributed by atoms with E-state index in [0.717, 1.165) is 0 Å². The van der Waals surface area contributed by atoms with Crippen LogP contribution in [0.4, 0.5) is 9.18 Å². The van der Waals surface area contributed by atoms with Crippen LogP contribution >= 0.6 is 0 Å². The second-order valence-electron chi connectivity index (χ2n) is 6.24. The molecule has 0 unspecified atom stereocenters. The number of carbonyl (C=O) groups is 2. The summed E-state index contributed by atoms with van der Waals surface area (Å²) in [6.45, 7) is 3.67. The Kier molecular flexibility index (Phi) is 5.50. The standard InChI is InChI=1S/C18H22FN5O2/c1-2-20-18(26)24-8-6-14(7-9-24)22-17(25)15-11-21-23-16(15)12-4-3-5-13(19)10-12/h3-5,10-11,14H,2,6-9H2,1H3,(H,20,26)(H,21,23)(H,22,25). The summed E-state index contributed by atoms with van der Waals surface area (Å²) in [6.07, 6.45) is 2.82. The minimum Gasteiger partial charge on any atom is -0.349 e. The minimum atomic E-state index is -0.374. The smallest absolute Gasteiger partial charge is 0.317 e. The summed E-state index contributed by atoms with van der Waals surface area (Å²) >= 11 is 0. The number of urea groups is 1. The van der Waals surface area contributed by atoms with Crippen LogP contribution in [0.25, 0.3) is 11.3 Å². The number of aromatic nitrogens is 2. The van der Waals surface area contributed by atoms with Crippen LogP contribution < -0.4 is 10.6 Å². The zero-order valence-corrected chi connectivity index (χ0v) is 14.6. The number of aromatic amines is 1. The second-order valence-corrected chi connectivity index (χ2v) is 6.24. The highest BCUT2D eigenvalue weighted by atomic mass is 19.1. The van der Waals surface area contributed by atoms with Crippen molar-refractivity contribution < 1.29 is 14.0 Å². The molecule has 3 N–H and O–H groups in total. The molecule has 1 saturated heterocycles. The van der Waals surface area contributed by atoms with Gasteiger partial charge in [-0.3, -0.25) is 9.89 Å². The van der Waals surface area contributed by atoms with Gasteiger partial charge in [-0.2, -0.15) is 5.10 Å². The molecule has 0 radical (unpaired) electrons. The van der Waals surface area contributed by atoms with Crippen molar-refractivity contribution in [1.82, 2.24) is 25.7 Å². The number of benzene rings is 1. The van der Waals surface area contributed by atoms with E-state index in [4.69, 9.17) is 0 Å². The summed E-state index contributed by atoms with van der Waals surface area (Å²) in [7, 11) is 0. The molecule has 26 heavy (non-hydrogen) atoms. The number of amides is 3. The normalized spacial score (nSPS) is 14.9. The van der Waals surface area contributed by atoms with Crippen LogP contribution in [0.15, 0.2) is 30.5 Å². The summed E-state index contributed by atoms with van der Waals surface area (Å²) < 4.78 is 13.4. The van der Waals surface area contributed by atoms with Gasteiger partial charge >= 0.3 is 6.03 Å². The Bertz CT molecular complexity index is 783. The maximum atomic E-state index is 13.4. The maximum absolute atomic E-state index is 13.4. The van der Waals surface area contributed by atoms with E-state index >= 15 is 0 Å². The Balaban J connectivity index is 1.62. The van der Waals surface area contributed by atoms with Gasteiger partial charge in [0.2, 0.25) is 0 Å². The Morgan fingerprint density at radius 1 is 1.35 bits per heavy atom. The number of nitrogens with one attached hydrogen (secondary N) is 3. The summed E-state index contributed by atoms with van der Waals surface area (Å²) in [5.41, 5.74) is 1.43. The van der Waals surface area contributed by atoms with E-state index in [1.807, 2.05) is 6.92 Å². The number of halogens is 1. The van der Waals surface area contributed by atoms with Gasteiger partial charge < -0.3 is 15.5 Å². The first-order valence-electron chi connectivity index (χ1n) is 8.71. The number of H-pyrrole nitrogens is 1. The molecule has 8 heteroatoms. The van der Waals surface area contributed by atoms with E-state index in [1.54, 1.807) is 17.0 Å². The lowest BCUT2D eigenvalue weighted by atomic mass is 10.0. The van der Waals surface area contributed by atoms with Crippen molar-refractivity contribution in [2.45, 2.75) is 25.8 Å². The van der Waals surface area contributed by atoms with Crippen molar-refractivity contribution >= 4 is 11.9 Å². The average molecular weight is 359 g/mol. The van der Waals surface area contributed by atoms with Gasteiger partial charge in [-0.15, -0.1) is 0 Å². The lowest BCUT2D eigenvalue weighted by Gasteiger charge is -2.32. The molecule has 1 aromatic heterocycles. The fourth-order valence-electron chi connectivity index (χ4n) is 3.08. The lowest BCUT2D eigenvalue weighted by Crippen LogP contribution is -2.49. The van der Waals surface area contributed by atoms with E-state index in [0.29, 0.717) is 49.3 Å². The average Bonchev–Trinajstić information content (AvgIpc) is 3.12. The largest absolute Gasteiger partial charge is 0.349 e. The van der Waals surface area contributed by atoms with Crippen molar-refractivity contribution in [1.29, 1.82) is 0 Å². The summed E-state index contributed by atoms with van der Waals surface area (Å²) in [6, 6.07) is 5.93. The molecular weight excluding hydrogens is 337 g/mol. The van der Waals surface area contributed by atoms with Crippen LogP contribution in [0, 0.1) is 5.82 Å². The minimum absolute atomic E-state index is 0.0107. The van der Waals surface area contributed by atoms with E-state index in [9.17, 15) is 14.0 Å². The van der Waals surface area contributed by atoms with Gasteiger partial charge in [0.25, 0.3) is 5.91 Å². The summed E-state index contributed by atoms with van der Waals surface area (Å²) in [5.74, 6) is -0.629. The first kappa shape index (κ1) is 17.9. The molecule has 2 aromatic rings. The molecule has 0 atom stereocenters. The first-order valence-corrected chi connectivity index (χ1v) is 8.71. The van der Waals surface area contributed by atoms with Gasteiger partial charge in [0, 0.05) is 31.2 Å². The second kappa shape index (κ2) is 7.99. The molecule has 0 aliphatic carbocycles. The molecule has 3 amide bonds. The molecule has 1 fully saturated rings. The van der Waals surface area contributed by atoms with E-state index < -0.39 is 0 Å². The molecule has 138 valence electrons. The zero-order chi connectivity index (χ0) is 18.5. The first-order chi connectivity index (χ1) is 12.6. The van der Waals surface area contributed by atoms with Crippen LogP contribution in [0.2, 0.25) is 0 Å². The monoisotopic (exact) mass is 359 g/mol. The molecule has 3 rings (SSSR count). The molecule has 1 aliphatic heterocycles. The fourth-order valence-corrected chi connectivity index (χ4v) is 3.08. The Labute approximate surface area is 151 Å². The van der Waals surface area contributed by atoms with Crippen LogP contribution in [-0.2, 0) is 0 Å². The number of nitrogens with zero attached hydrogens (tertiary/aromatic N) is 2. The summed E-state index contributed by atoms with van der Waals surface area (Å²) in [5, 5.41) is 12.5. The predicted octanol–water partition coefficient (Wildman–Crippen LogP) is 2.14. The number of rotatable bonds is 4. The Morgan fingerprint density at radius 3 is 2.81 bits per heavy atom. The van der Waals surface area contributed by atoms with Crippen molar-refractivity contribution in [3.05, 3.63) is 41.8 Å². The Morgan fingerprint density at radius 2 is 2.12 bits per heavy atom. The van der Waals surface area contributed by atoms with Crippen molar-refractivity contribution in [2.24, 2.45) is 0 Å². The molecule has 2 heterocycles. The third kappa shape index (κ3) is 4.01. The van der Waals surface area contributed by atoms with Crippen molar-refractivity contribution in [3.8, 4) is 11.3 Å². The zero-order valence-electron chi connectivity index (χ0n) is 14.6. The highest BCUT2D eigenvalue weighted by molar-refractivity contribution is 5.99. The van der Waals surface area contributed by atoms with Gasteiger partial charge in [-0.25, -0.2) is 9.18 Å². The molecule has 0 spiro atoms.